The number of hydrogen-bond donors (Lipinski definition) is 0. The van der Waals surface area contributed by atoms with Crippen LogP contribution in [0.5, 0.6) is 0 Å². The molecule has 4 aromatic heterocycles. The highest BCUT2D eigenvalue weighted by Gasteiger charge is 2.21. The molecule has 0 N–H and O–H groups in total. The summed E-state index contributed by atoms with van der Waals surface area (Å²) in [4.78, 5) is 20.7. The quantitative estimate of drug-likeness (QED) is 0.161. The highest BCUT2D eigenvalue weighted by molar-refractivity contribution is 6.19. The molecule has 0 aliphatic carbocycles. The number of nitrogens with zero attached hydrogens (tertiary/aromatic N) is 6. The number of pyridine rings is 1. The number of fused-ring (bicyclic) bond motifs is 6. The van der Waals surface area contributed by atoms with Gasteiger partial charge in [-0.15, -0.1) is 0 Å². The summed E-state index contributed by atoms with van der Waals surface area (Å²) < 4.78 is 4.58. The SMILES string of the molecule is c1ccc(-c2cccc(-c3nc(-c4ccccc4)nc(-n4c5ccccc5c5cc6c7ccccc7n(-c7ccc(-c8cccc(-c9ccccc9)n8)cc7)c6cc54)n3)c2)cc1. The summed E-state index contributed by atoms with van der Waals surface area (Å²) in [5, 5.41) is 4.63. The van der Waals surface area contributed by atoms with Crippen molar-refractivity contribution in [2.45, 2.75) is 0 Å². The number of aromatic nitrogens is 6. The summed E-state index contributed by atoms with van der Waals surface area (Å²) in [5.74, 6) is 1.78. The maximum Gasteiger partial charge on any atom is 0.238 e. The molecule has 62 heavy (non-hydrogen) atoms. The van der Waals surface area contributed by atoms with Gasteiger partial charge in [0.15, 0.2) is 11.6 Å². The molecular formula is C56H36N6. The van der Waals surface area contributed by atoms with Crippen molar-refractivity contribution in [1.29, 1.82) is 0 Å². The zero-order valence-electron chi connectivity index (χ0n) is 33.5. The van der Waals surface area contributed by atoms with Crippen LogP contribution in [0.15, 0.2) is 218 Å². The van der Waals surface area contributed by atoms with Crippen LogP contribution < -0.4 is 0 Å². The molecule has 0 unspecified atom stereocenters. The topological polar surface area (TPSA) is 61.4 Å². The first-order valence-electron chi connectivity index (χ1n) is 20.8. The third-order valence-electron chi connectivity index (χ3n) is 11.8. The molecule has 0 saturated heterocycles. The summed E-state index contributed by atoms with van der Waals surface area (Å²) in [5.41, 5.74) is 13.4. The molecule has 12 aromatic rings. The zero-order chi connectivity index (χ0) is 41.0. The van der Waals surface area contributed by atoms with Crippen molar-refractivity contribution in [2.24, 2.45) is 0 Å². The highest BCUT2D eigenvalue weighted by Crippen LogP contribution is 2.40. The minimum absolute atomic E-state index is 0.557. The first kappa shape index (κ1) is 35.5. The molecule has 0 amide bonds. The Bertz CT molecular complexity index is 3610. The summed E-state index contributed by atoms with van der Waals surface area (Å²) in [6.45, 7) is 0. The Balaban J connectivity index is 1.06. The van der Waals surface area contributed by atoms with Crippen LogP contribution in [-0.4, -0.2) is 29.1 Å². The van der Waals surface area contributed by atoms with Crippen LogP contribution in [0.1, 0.15) is 0 Å². The summed E-state index contributed by atoms with van der Waals surface area (Å²) in [6.07, 6.45) is 0. The van der Waals surface area contributed by atoms with E-state index in [0.29, 0.717) is 17.6 Å². The van der Waals surface area contributed by atoms with Crippen LogP contribution in [0.4, 0.5) is 0 Å². The fraction of sp³-hybridized carbons (Fsp3) is 0. The summed E-state index contributed by atoms with van der Waals surface area (Å²) in [7, 11) is 0. The van der Waals surface area contributed by atoms with E-state index in [0.717, 1.165) is 83.3 Å². The van der Waals surface area contributed by atoms with E-state index in [-0.39, 0.29) is 0 Å². The smallest absolute Gasteiger partial charge is 0.238 e. The number of benzene rings is 8. The molecule has 6 nitrogen and oxygen atoms in total. The van der Waals surface area contributed by atoms with Crippen molar-refractivity contribution in [2.75, 3.05) is 0 Å². The molecule has 0 spiro atoms. The molecule has 0 bridgehead atoms. The van der Waals surface area contributed by atoms with Gasteiger partial charge in [0, 0.05) is 49.5 Å². The molecule has 12 rings (SSSR count). The number of rotatable bonds is 7. The maximum atomic E-state index is 5.30. The third-order valence-corrected chi connectivity index (χ3v) is 11.8. The lowest BCUT2D eigenvalue weighted by atomic mass is 10.0. The van der Waals surface area contributed by atoms with Crippen molar-refractivity contribution in [3.05, 3.63) is 218 Å². The third kappa shape index (κ3) is 6.04. The average molecular weight is 793 g/mol. The minimum Gasteiger partial charge on any atom is -0.309 e. The van der Waals surface area contributed by atoms with E-state index in [2.05, 4.69) is 185 Å². The van der Waals surface area contributed by atoms with E-state index < -0.39 is 0 Å². The Morgan fingerprint density at radius 2 is 0.742 bits per heavy atom. The maximum absolute atomic E-state index is 5.30. The van der Waals surface area contributed by atoms with E-state index in [4.69, 9.17) is 19.9 Å². The van der Waals surface area contributed by atoms with Crippen LogP contribution in [0.25, 0.3) is 112 Å². The van der Waals surface area contributed by atoms with E-state index in [1.54, 1.807) is 0 Å². The van der Waals surface area contributed by atoms with Gasteiger partial charge in [-0.3, -0.25) is 4.57 Å². The minimum atomic E-state index is 0.557. The Morgan fingerprint density at radius 3 is 1.40 bits per heavy atom. The Hall–Kier alpha value is -8.48. The second-order valence-corrected chi connectivity index (χ2v) is 15.5. The van der Waals surface area contributed by atoms with Gasteiger partial charge >= 0.3 is 0 Å². The van der Waals surface area contributed by atoms with Crippen LogP contribution in [-0.2, 0) is 0 Å². The van der Waals surface area contributed by atoms with Crippen LogP contribution in [0.2, 0.25) is 0 Å². The van der Waals surface area contributed by atoms with Gasteiger partial charge in [-0.05, 0) is 65.7 Å². The van der Waals surface area contributed by atoms with E-state index >= 15 is 0 Å². The van der Waals surface area contributed by atoms with E-state index in [1.165, 1.54) is 10.8 Å². The fourth-order valence-electron chi connectivity index (χ4n) is 8.85. The largest absolute Gasteiger partial charge is 0.309 e. The van der Waals surface area contributed by atoms with Crippen molar-refractivity contribution in [1.82, 2.24) is 29.1 Å². The molecule has 0 aliphatic rings. The van der Waals surface area contributed by atoms with Gasteiger partial charge in [0.2, 0.25) is 5.95 Å². The van der Waals surface area contributed by atoms with Crippen molar-refractivity contribution in [3.8, 4) is 68.1 Å². The Kier molecular flexibility index (Phi) is 8.38. The predicted octanol–water partition coefficient (Wildman–Crippen LogP) is 13.8. The number of para-hydroxylation sites is 2. The molecule has 6 heteroatoms. The summed E-state index contributed by atoms with van der Waals surface area (Å²) >= 11 is 0. The molecule has 0 saturated carbocycles. The van der Waals surface area contributed by atoms with Gasteiger partial charge in [-0.1, -0.05) is 164 Å². The first-order valence-corrected chi connectivity index (χ1v) is 20.8. The average Bonchev–Trinajstić information content (AvgIpc) is 3.86. The molecule has 290 valence electrons. The molecule has 8 aromatic carbocycles. The molecule has 0 radical (unpaired) electrons. The van der Waals surface area contributed by atoms with Crippen LogP contribution >= 0.6 is 0 Å². The second-order valence-electron chi connectivity index (χ2n) is 15.5. The molecule has 0 aliphatic heterocycles. The lowest BCUT2D eigenvalue weighted by Gasteiger charge is -2.12. The normalized spacial score (nSPS) is 11.5. The van der Waals surface area contributed by atoms with E-state index in [9.17, 15) is 0 Å². The number of hydrogen-bond acceptors (Lipinski definition) is 4. The molecule has 0 fully saturated rings. The van der Waals surface area contributed by atoms with Crippen LogP contribution in [0, 0.1) is 0 Å². The molecular weight excluding hydrogens is 757 g/mol. The first-order chi connectivity index (χ1) is 30.7. The predicted molar refractivity (Wildman–Crippen MR) is 253 cm³/mol. The van der Waals surface area contributed by atoms with Gasteiger partial charge in [-0.2, -0.15) is 9.97 Å². The zero-order valence-corrected chi connectivity index (χ0v) is 33.5. The monoisotopic (exact) mass is 792 g/mol. The van der Waals surface area contributed by atoms with Crippen molar-refractivity contribution < 1.29 is 0 Å². The van der Waals surface area contributed by atoms with Gasteiger partial charge in [0.25, 0.3) is 0 Å². The van der Waals surface area contributed by atoms with Gasteiger partial charge in [-0.25, -0.2) is 9.97 Å². The standard InChI is InChI=1S/C56H36N6/c1-4-16-37(17-5-1)41-22-14-23-42(34-41)55-58-54(40-20-8-3-9-21-40)59-56(60-55)62-51-29-13-11-25-45(51)47-35-46-44-24-10-12-28-50(44)61(52(46)36-53(47)62)43-32-30-39(31-33-43)49-27-15-26-48(57-49)38-18-6-2-7-19-38/h1-36H. The molecule has 4 heterocycles. The summed E-state index contributed by atoms with van der Waals surface area (Å²) in [6, 6.07) is 76.2. The lowest BCUT2D eigenvalue weighted by Crippen LogP contribution is -2.06. The highest BCUT2D eigenvalue weighted by atomic mass is 15.2. The van der Waals surface area contributed by atoms with Gasteiger partial charge in [0.1, 0.15) is 0 Å². The van der Waals surface area contributed by atoms with Gasteiger partial charge < -0.3 is 4.57 Å². The second kappa shape index (κ2) is 14.7. The van der Waals surface area contributed by atoms with Crippen LogP contribution in [0.3, 0.4) is 0 Å². The Labute approximate surface area is 357 Å². The van der Waals surface area contributed by atoms with Crippen molar-refractivity contribution >= 4 is 43.6 Å². The van der Waals surface area contributed by atoms with Gasteiger partial charge in [0.05, 0.1) is 33.5 Å². The van der Waals surface area contributed by atoms with E-state index in [1.807, 2.05) is 42.5 Å². The van der Waals surface area contributed by atoms with Crippen molar-refractivity contribution in [3.63, 3.8) is 0 Å². The lowest BCUT2D eigenvalue weighted by molar-refractivity contribution is 0.953. The Morgan fingerprint density at radius 1 is 0.258 bits per heavy atom. The molecule has 0 atom stereocenters. The fourth-order valence-corrected chi connectivity index (χ4v) is 8.85.